The average molecular weight is 369 g/mol. The zero-order valence-electron chi connectivity index (χ0n) is 15.5. The molecule has 0 aromatic heterocycles. The molecule has 0 aliphatic carbocycles. The molecule has 4 aromatic carbocycles. The lowest BCUT2D eigenvalue weighted by molar-refractivity contribution is 0.977. The van der Waals surface area contributed by atoms with E-state index in [9.17, 15) is 0 Å². The van der Waals surface area contributed by atoms with Gasteiger partial charge in [0.25, 0.3) is 0 Å². The maximum Gasteiger partial charge on any atom is 0.0339 e. The van der Waals surface area contributed by atoms with E-state index in [1.54, 1.807) is 0 Å². The van der Waals surface area contributed by atoms with Gasteiger partial charge in [-0.2, -0.15) is 0 Å². The molecule has 0 amide bonds. The molecule has 0 N–H and O–H groups in total. The minimum absolute atomic E-state index is 0.309. The SMILES string of the molecule is Cc1cccc(S)c1.c1ccc(C(c2ccccc2)c2ccccc2)cc1. The highest BCUT2D eigenvalue weighted by molar-refractivity contribution is 7.80. The van der Waals surface area contributed by atoms with Crippen molar-refractivity contribution in [2.24, 2.45) is 0 Å². The van der Waals surface area contributed by atoms with Gasteiger partial charge in [-0.1, -0.05) is 109 Å². The van der Waals surface area contributed by atoms with Crippen molar-refractivity contribution < 1.29 is 0 Å². The summed E-state index contributed by atoms with van der Waals surface area (Å²) in [5, 5.41) is 0. The van der Waals surface area contributed by atoms with Crippen molar-refractivity contribution in [3.63, 3.8) is 0 Å². The second-order valence-electron chi connectivity index (χ2n) is 6.50. The van der Waals surface area contributed by atoms with Crippen molar-refractivity contribution in [3.8, 4) is 0 Å². The van der Waals surface area contributed by atoms with E-state index >= 15 is 0 Å². The van der Waals surface area contributed by atoms with Gasteiger partial charge >= 0.3 is 0 Å². The maximum atomic E-state index is 4.15. The molecule has 0 saturated heterocycles. The molecule has 0 aliphatic rings. The Hall–Kier alpha value is -2.77. The summed E-state index contributed by atoms with van der Waals surface area (Å²) in [6, 6.07) is 40.1. The summed E-state index contributed by atoms with van der Waals surface area (Å²) < 4.78 is 0. The van der Waals surface area contributed by atoms with Crippen molar-refractivity contribution in [2.75, 3.05) is 0 Å². The molecule has 0 fully saturated rings. The van der Waals surface area contributed by atoms with Crippen LogP contribution in [0.1, 0.15) is 28.2 Å². The minimum Gasteiger partial charge on any atom is -0.143 e. The van der Waals surface area contributed by atoms with Crippen LogP contribution in [0.4, 0.5) is 0 Å². The van der Waals surface area contributed by atoms with Crippen LogP contribution in [0, 0.1) is 6.92 Å². The average Bonchev–Trinajstić information content (AvgIpc) is 2.71. The highest BCUT2D eigenvalue weighted by Crippen LogP contribution is 2.31. The fourth-order valence-corrected chi connectivity index (χ4v) is 3.43. The van der Waals surface area contributed by atoms with Gasteiger partial charge in [-0.15, -0.1) is 12.6 Å². The van der Waals surface area contributed by atoms with Crippen molar-refractivity contribution >= 4 is 12.6 Å². The van der Waals surface area contributed by atoms with Gasteiger partial charge in [0.2, 0.25) is 0 Å². The Morgan fingerprint density at radius 3 is 1.22 bits per heavy atom. The molecule has 0 nitrogen and oxygen atoms in total. The van der Waals surface area contributed by atoms with Gasteiger partial charge in [-0.25, -0.2) is 0 Å². The van der Waals surface area contributed by atoms with Crippen LogP contribution in [0.25, 0.3) is 0 Å². The third-order valence-electron chi connectivity index (χ3n) is 4.40. The largest absolute Gasteiger partial charge is 0.143 e. The Balaban J connectivity index is 0.000000221. The zero-order valence-corrected chi connectivity index (χ0v) is 16.4. The van der Waals surface area contributed by atoms with Crippen molar-refractivity contribution in [1.82, 2.24) is 0 Å². The predicted molar refractivity (Wildman–Crippen MR) is 119 cm³/mol. The van der Waals surface area contributed by atoms with Gasteiger partial charge in [-0.05, 0) is 35.7 Å². The summed E-state index contributed by atoms with van der Waals surface area (Å²) in [7, 11) is 0. The lowest BCUT2D eigenvalue weighted by Gasteiger charge is -2.18. The molecule has 0 heterocycles. The topological polar surface area (TPSA) is 0 Å². The van der Waals surface area contributed by atoms with Crippen LogP contribution in [0.2, 0.25) is 0 Å². The van der Waals surface area contributed by atoms with E-state index in [1.165, 1.54) is 22.3 Å². The molecule has 0 radical (unpaired) electrons. The van der Waals surface area contributed by atoms with E-state index in [1.807, 2.05) is 18.2 Å². The molecule has 27 heavy (non-hydrogen) atoms. The number of rotatable bonds is 3. The van der Waals surface area contributed by atoms with Crippen molar-refractivity contribution in [3.05, 3.63) is 138 Å². The third-order valence-corrected chi connectivity index (χ3v) is 4.68. The summed E-state index contributed by atoms with van der Waals surface area (Å²) in [4.78, 5) is 1.03. The predicted octanol–water partition coefficient (Wildman–Crippen LogP) is 7.15. The lowest BCUT2D eigenvalue weighted by atomic mass is 9.85. The van der Waals surface area contributed by atoms with Gasteiger partial charge in [0, 0.05) is 10.8 Å². The van der Waals surface area contributed by atoms with Gasteiger partial charge in [-0.3, -0.25) is 0 Å². The molecule has 0 aliphatic heterocycles. The van der Waals surface area contributed by atoms with Gasteiger partial charge in [0.1, 0.15) is 0 Å². The Bertz CT molecular complexity index is 820. The smallest absolute Gasteiger partial charge is 0.0339 e. The van der Waals surface area contributed by atoms with E-state index in [0.29, 0.717) is 5.92 Å². The van der Waals surface area contributed by atoms with E-state index in [4.69, 9.17) is 0 Å². The molecule has 4 rings (SSSR count). The molecule has 134 valence electrons. The van der Waals surface area contributed by atoms with E-state index in [-0.39, 0.29) is 0 Å². The first kappa shape index (κ1) is 19.0. The summed E-state index contributed by atoms with van der Waals surface area (Å²) in [6.45, 7) is 2.06. The van der Waals surface area contributed by atoms with E-state index < -0.39 is 0 Å². The van der Waals surface area contributed by atoms with Crippen molar-refractivity contribution in [1.29, 1.82) is 0 Å². The quantitative estimate of drug-likeness (QED) is 0.288. The monoisotopic (exact) mass is 368 g/mol. The van der Waals surface area contributed by atoms with Crippen LogP contribution >= 0.6 is 12.6 Å². The Morgan fingerprint density at radius 2 is 0.926 bits per heavy atom. The first-order chi connectivity index (χ1) is 13.2. The normalized spacial score (nSPS) is 10.2. The van der Waals surface area contributed by atoms with Crippen LogP contribution in [-0.4, -0.2) is 0 Å². The van der Waals surface area contributed by atoms with Crippen LogP contribution < -0.4 is 0 Å². The number of hydrogen-bond acceptors (Lipinski definition) is 1. The second kappa shape index (κ2) is 9.80. The van der Waals surface area contributed by atoms with Gasteiger partial charge < -0.3 is 0 Å². The standard InChI is InChI=1S/C19H16.C7H8S/c1-4-10-16(11-5-1)19(17-12-6-2-7-13-17)18-14-8-3-9-15-18;1-6-3-2-4-7(8)5-6/h1-15,19H;2-5,8H,1H3. The molecule has 0 unspecified atom stereocenters. The van der Waals surface area contributed by atoms with Gasteiger partial charge in [0.05, 0.1) is 0 Å². The van der Waals surface area contributed by atoms with Crippen LogP contribution in [0.15, 0.2) is 120 Å². The highest BCUT2D eigenvalue weighted by atomic mass is 32.1. The lowest BCUT2D eigenvalue weighted by Crippen LogP contribution is -2.02. The molecule has 4 aromatic rings. The summed E-state index contributed by atoms with van der Waals surface area (Å²) in [5.41, 5.74) is 5.26. The molecule has 0 spiro atoms. The Morgan fingerprint density at radius 1 is 0.519 bits per heavy atom. The first-order valence-corrected chi connectivity index (χ1v) is 9.59. The number of hydrogen-bond donors (Lipinski definition) is 1. The van der Waals surface area contributed by atoms with Crippen LogP contribution in [0.5, 0.6) is 0 Å². The van der Waals surface area contributed by atoms with Gasteiger partial charge in [0.15, 0.2) is 0 Å². The fraction of sp³-hybridized carbons (Fsp3) is 0.0769. The highest BCUT2D eigenvalue weighted by Gasteiger charge is 2.15. The summed E-state index contributed by atoms with van der Waals surface area (Å²) in [6.07, 6.45) is 0. The number of benzene rings is 4. The number of thiol groups is 1. The molecule has 0 saturated carbocycles. The molecule has 0 bridgehead atoms. The molecular formula is C26H24S. The fourth-order valence-electron chi connectivity index (χ4n) is 3.14. The maximum absolute atomic E-state index is 4.15. The minimum atomic E-state index is 0.309. The Labute approximate surface area is 167 Å². The first-order valence-electron chi connectivity index (χ1n) is 9.14. The zero-order chi connectivity index (χ0) is 18.9. The molecule has 1 heteroatoms. The van der Waals surface area contributed by atoms with E-state index in [0.717, 1.165) is 4.90 Å². The van der Waals surface area contributed by atoms with Crippen molar-refractivity contribution in [2.45, 2.75) is 17.7 Å². The van der Waals surface area contributed by atoms with Crippen LogP contribution in [0.3, 0.4) is 0 Å². The second-order valence-corrected chi connectivity index (χ2v) is 7.02. The van der Waals surface area contributed by atoms with E-state index in [2.05, 4.69) is 117 Å². The molecular weight excluding hydrogens is 344 g/mol. The molecule has 0 atom stereocenters. The summed E-state index contributed by atoms with van der Waals surface area (Å²) >= 11 is 4.15. The number of aryl methyl sites for hydroxylation is 1. The summed E-state index contributed by atoms with van der Waals surface area (Å²) in [5.74, 6) is 0.309. The Kier molecular flexibility index (Phi) is 6.90. The van der Waals surface area contributed by atoms with Crippen LogP contribution in [-0.2, 0) is 0 Å². The third kappa shape index (κ3) is 5.60.